The predicted octanol–water partition coefficient (Wildman–Crippen LogP) is -3.07. The second-order valence-corrected chi connectivity index (χ2v) is 3.66. The van der Waals surface area contributed by atoms with Crippen LogP contribution in [0.5, 0.6) is 0 Å². The second kappa shape index (κ2) is 5.20. The minimum atomic E-state index is -5.06. The molecule has 0 fully saturated rings. The van der Waals surface area contributed by atoms with Gasteiger partial charge in [-0.15, -0.1) is 0 Å². The zero-order valence-electron chi connectivity index (χ0n) is 6.14. The van der Waals surface area contributed by atoms with Crippen LogP contribution >= 0.6 is 0 Å². The van der Waals surface area contributed by atoms with Gasteiger partial charge in [0, 0.05) is 0 Å². The number of hydrogen-bond donors (Lipinski definition) is 1. The maximum atomic E-state index is 11.3. The van der Waals surface area contributed by atoms with Crippen LogP contribution in [0.15, 0.2) is 0 Å². The summed E-state index contributed by atoms with van der Waals surface area (Å²) in [6, 6.07) is 0. The van der Waals surface area contributed by atoms with Crippen molar-refractivity contribution >= 4 is 17.0 Å². The average molecular weight is 215 g/mol. The van der Waals surface area contributed by atoms with Crippen LogP contribution in [0.3, 0.4) is 0 Å². The van der Waals surface area contributed by atoms with E-state index in [1.54, 1.807) is 0 Å². The van der Waals surface area contributed by atoms with Gasteiger partial charge >= 0.3 is 58.4 Å². The minimum Gasteiger partial charge on any atom is -0.448 e. The van der Waals surface area contributed by atoms with Gasteiger partial charge in [0.1, 0.15) is 0 Å². The second-order valence-electron chi connectivity index (χ2n) is 1.83. The summed E-state index contributed by atoms with van der Waals surface area (Å²) in [5.41, 5.74) is 0. The van der Waals surface area contributed by atoms with Crippen molar-refractivity contribution in [3.05, 3.63) is 0 Å². The summed E-state index contributed by atoms with van der Waals surface area (Å²) >= 11 is 0. The molecule has 0 saturated carbocycles. The summed E-state index contributed by atoms with van der Waals surface area (Å²) in [5.74, 6) is 0. The first-order valence-corrected chi connectivity index (χ1v) is 4.25. The molecule has 3 nitrogen and oxygen atoms in total. The monoisotopic (exact) mass is 215 g/mol. The molecule has 0 heterocycles. The van der Waals surface area contributed by atoms with Crippen molar-refractivity contribution in [2.24, 2.45) is 0 Å². The van der Waals surface area contributed by atoms with Gasteiger partial charge in [-0.2, -0.15) is 0 Å². The zero-order valence-corrected chi connectivity index (χ0v) is 10.1. The first-order valence-electron chi connectivity index (χ1n) is 2.36. The molecule has 0 aromatic carbocycles. The van der Waals surface area contributed by atoms with E-state index in [-0.39, 0.29) is 51.4 Å². The molecule has 0 bridgehead atoms. The van der Waals surface area contributed by atoms with Gasteiger partial charge < -0.3 is 12.9 Å². The van der Waals surface area contributed by atoms with E-state index in [4.69, 9.17) is 0 Å². The molecule has 0 saturated heterocycles. The molecule has 0 rings (SSSR count). The van der Waals surface area contributed by atoms with Gasteiger partial charge in [0.15, 0.2) is 0 Å². The van der Waals surface area contributed by atoms with E-state index in [1.807, 2.05) is 0 Å². The van der Waals surface area contributed by atoms with Crippen LogP contribution in [-0.2, 0) is 10.0 Å². The van der Waals surface area contributed by atoms with Gasteiger partial charge in [-0.1, -0.05) is 0 Å². The Balaban J connectivity index is 0. The van der Waals surface area contributed by atoms with Gasteiger partial charge in [-0.25, -0.2) is 13.1 Å². The molecule has 0 spiro atoms. The van der Waals surface area contributed by atoms with Crippen molar-refractivity contribution < 1.29 is 72.7 Å². The Morgan fingerprint density at radius 2 is 1.73 bits per heavy atom. The van der Waals surface area contributed by atoms with Crippen LogP contribution < -0.4 is 56.1 Å². The van der Waals surface area contributed by atoms with Crippen molar-refractivity contribution in [3.8, 4) is 0 Å². The molecule has 62 valence electrons. The average Bonchev–Trinajstić information content (AvgIpc) is 1.57. The standard InChI is InChI=1S/C2H6BF3NO2S.K/c1-10(8,9)7-2-3(4,5)6;/h7H,2H2,1H3;/q-1;+1. The molecule has 9 heteroatoms. The molecule has 0 atom stereocenters. The molecule has 0 radical (unpaired) electrons. The van der Waals surface area contributed by atoms with Gasteiger partial charge in [0.25, 0.3) is 0 Å². The molecule has 0 aliphatic carbocycles. The van der Waals surface area contributed by atoms with E-state index < -0.39 is 23.4 Å². The van der Waals surface area contributed by atoms with Gasteiger partial charge in [0.2, 0.25) is 10.0 Å². The van der Waals surface area contributed by atoms with E-state index >= 15 is 0 Å². The maximum Gasteiger partial charge on any atom is 1.00 e. The van der Waals surface area contributed by atoms with Crippen LogP contribution in [0.25, 0.3) is 0 Å². The number of hydrogen-bond acceptors (Lipinski definition) is 2. The van der Waals surface area contributed by atoms with Gasteiger partial charge in [0.05, 0.1) is 6.26 Å². The molecule has 0 aromatic heterocycles. The normalized spacial score (nSPS) is 12.4. The first kappa shape index (κ1) is 14.9. The predicted molar refractivity (Wildman–Crippen MR) is 31.9 cm³/mol. The van der Waals surface area contributed by atoms with E-state index in [0.29, 0.717) is 6.26 Å². The quantitative estimate of drug-likeness (QED) is 0.508. The van der Waals surface area contributed by atoms with Crippen molar-refractivity contribution in [1.29, 1.82) is 0 Å². The SMILES string of the molecule is CS(=O)(=O)NC[B-](F)(F)F.[K+]. The fraction of sp³-hybridized carbons (Fsp3) is 1.00. The first-order chi connectivity index (χ1) is 4.21. The molecular formula is C2H6BF3KNO2S. The zero-order chi connectivity index (χ0) is 8.41. The summed E-state index contributed by atoms with van der Waals surface area (Å²) in [4.78, 5) is 0. The summed E-state index contributed by atoms with van der Waals surface area (Å²) in [7, 11) is -3.71. The maximum absolute atomic E-state index is 11.3. The third kappa shape index (κ3) is 14.3. The number of nitrogens with one attached hydrogen (secondary N) is 1. The van der Waals surface area contributed by atoms with Crippen LogP contribution in [0, 0.1) is 0 Å². The number of halogens is 3. The largest absolute Gasteiger partial charge is 1.00 e. The van der Waals surface area contributed by atoms with E-state index in [2.05, 4.69) is 0 Å². The van der Waals surface area contributed by atoms with Crippen LogP contribution in [0.4, 0.5) is 12.9 Å². The fourth-order valence-electron chi connectivity index (χ4n) is 0.246. The Morgan fingerprint density at radius 1 is 1.36 bits per heavy atom. The van der Waals surface area contributed by atoms with Crippen molar-refractivity contribution in [2.75, 3.05) is 12.7 Å². The Morgan fingerprint density at radius 3 is 1.82 bits per heavy atom. The molecule has 0 aromatic rings. The third-order valence-electron chi connectivity index (χ3n) is 0.577. The van der Waals surface area contributed by atoms with Crippen molar-refractivity contribution in [1.82, 2.24) is 4.72 Å². The Labute approximate surface area is 106 Å². The molecule has 0 aliphatic rings. The Bertz CT molecular complexity index is 202. The molecule has 0 unspecified atom stereocenters. The smallest absolute Gasteiger partial charge is 0.448 e. The summed E-state index contributed by atoms with van der Waals surface area (Å²) < 4.78 is 55.5. The molecule has 0 amide bonds. The van der Waals surface area contributed by atoms with Gasteiger partial charge in [-0.05, 0) is 6.44 Å². The molecule has 1 N–H and O–H groups in total. The molecular weight excluding hydrogens is 209 g/mol. The van der Waals surface area contributed by atoms with Crippen LogP contribution in [0.2, 0.25) is 0 Å². The summed E-state index contributed by atoms with van der Waals surface area (Å²) in [6.45, 7) is -5.06. The number of rotatable bonds is 3. The van der Waals surface area contributed by atoms with E-state index in [0.717, 1.165) is 0 Å². The van der Waals surface area contributed by atoms with Crippen molar-refractivity contribution in [3.63, 3.8) is 0 Å². The topological polar surface area (TPSA) is 46.2 Å². The minimum absolute atomic E-state index is 0. The molecule has 11 heavy (non-hydrogen) atoms. The summed E-state index contributed by atoms with van der Waals surface area (Å²) in [5, 5.41) is 0. The van der Waals surface area contributed by atoms with Crippen LogP contribution in [-0.4, -0.2) is 28.1 Å². The molecule has 0 aliphatic heterocycles. The number of sulfonamides is 1. The summed E-state index contributed by atoms with van der Waals surface area (Å²) in [6.07, 6.45) is -0.770. The fourth-order valence-corrected chi connectivity index (χ4v) is 0.738. The van der Waals surface area contributed by atoms with Crippen molar-refractivity contribution in [2.45, 2.75) is 0 Å². The van der Waals surface area contributed by atoms with E-state index in [1.165, 1.54) is 4.72 Å². The third-order valence-corrected chi connectivity index (χ3v) is 1.27. The van der Waals surface area contributed by atoms with Gasteiger partial charge in [-0.3, -0.25) is 0 Å². The van der Waals surface area contributed by atoms with Crippen LogP contribution in [0.1, 0.15) is 0 Å². The Kier molecular flexibility index (Phi) is 7.04. The Hall–Kier alpha value is 1.40. The van der Waals surface area contributed by atoms with E-state index in [9.17, 15) is 21.4 Å².